The Labute approximate surface area is 124 Å². The summed E-state index contributed by atoms with van der Waals surface area (Å²) in [5.74, 6) is 0.183. The SMILES string of the molecule is O=C(c1cn[nH]n1)N1CCC[C@@H]1c1nc2ccc(F)cc2[nH]1. The molecule has 1 aliphatic heterocycles. The van der Waals surface area contributed by atoms with Crippen LogP contribution in [0.2, 0.25) is 0 Å². The van der Waals surface area contributed by atoms with Crippen molar-refractivity contribution in [3.63, 3.8) is 0 Å². The first-order valence-corrected chi connectivity index (χ1v) is 7.04. The van der Waals surface area contributed by atoms with Crippen LogP contribution in [0.3, 0.4) is 0 Å². The third kappa shape index (κ3) is 2.03. The van der Waals surface area contributed by atoms with Gasteiger partial charge in [-0.3, -0.25) is 4.79 Å². The molecule has 0 bridgehead atoms. The van der Waals surface area contributed by atoms with Gasteiger partial charge in [0.2, 0.25) is 0 Å². The summed E-state index contributed by atoms with van der Waals surface area (Å²) in [6.07, 6.45) is 3.11. The van der Waals surface area contributed by atoms with Crippen molar-refractivity contribution in [2.45, 2.75) is 18.9 Å². The minimum absolute atomic E-state index is 0.153. The number of aromatic amines is 2. The van der Waals surface area contributed by atoms with Crippen LogP contribution in [0.1, 0.15) is 35.2 Å². The molecule has 1 atom stereocenters. The van der Waals surface area contributed by atoms with Gasteiger partial charge in [-0.15, -0.1) is 0 Å². The van der Waals surface area contributed by atoms with E-state index in [1.54, 1.807) is 11.0 Å². The van der Waals surface area contributed by atoms with Gasteiger partial charge in [0, 0.05) is 6.54 Å². The maximum atomic E-state index is 13.3. The van der Waals surface area contributed by atoms with Gasteiger partial charge < -0.3 is 9.88 Å². The number of carbonyl (C=O) groups is 1. The number of rotatable bonds is 2. The van der Waals surface area contributed by atoms with Crippen LogP contribution >= 0.6 is 0 Å². The predicted octanol–water partition coefficient (Wildman–Crippen LogP) is 1.80. The number of benzene rings is 1. The number of imidazole rings is 1. The molecule has 8 heteroatoms. The molecule has 1 aromatic carbocycles. The number of hydrogen-bond donors (Lipinski definition) is 2. The lowest BCUT2D eigenvalue weighted by atomic mass is 10.2. The number of nitrogens with zero attached hydrogens (tertiary/aromatic N) is 4. The largest absolute Gasteiger partial charge is 0.340 e. The Morgan fingerprint density at radius 2 is 2.32 bits per heavy atom. The summed E-state index contributed by atoms with van der Waals surface area (Å²) in [6.45, 7) is 0.641. The minimum Gasteiger partial charge on any atom is -0.340 e. The second kappa shape index (κ2) is 4.90. The second-order valence-corrected chi connectivity index (χ2v) is 5.30. The predicted molar refractivity (Wildman–Crippen MR) is 75.4 cm³/mol. The number of nitrogens with one attached hydrogen (secondary N) is 2. The number of carbonyl (C=O) groups excluding carboxylic acids is 1. The molecule has 4 rings (SSSR count). The van der Waals surface area contributed by atoms with Crippen molar-refractivity contribution in [1.29, 1.82) is 0 Å². The standard InChI is InChI=1S/C14H13FN6O/c15-8-3-4-9-10(6-8)18-13(17-9)12-2-1-5-21(12)14(22)11-7-16-20-19-11/h3-4,6-7,12H,1-2,5H2,(H,17,18)(H,16,19,20)/t12-/m1/s1. The van der Waals surface area contributed by atoms with Gasteiger partial charge in [0.15, 0.2) is 5.69 Å². The number of aromatic nitrogens is 5. The van der Waals surface area contributed by atoms with E-state index >= 15 is 0 Å². The molecule has 2 N–H and O–H groups in total. The van der Waals surface area contributed by atoms with Gasteiger partial charge in [-0.05, 0) is 31.0 Å². The highest BCUT2D eigenvalue weighted by molar-refractivity contribution is 5.92. The van der Waals surface area contributed by atoms with Gasteiger partial charge in [0.05, 0.1) is 23.3 Å². The Morgan fingerprint density at radius 3 is 3.14 bits per heavy atom. The van der Waals surface area contributed by atoms with Crippen molar-refractivity contribution < 1.29 is 9.18 Å². The quantitative estimate of drug-likeness (QED) is 0.755. The molecule has 1 amide bonds. The summed E-state index contributed by atoms with van der Waals surface area (Å²) in [6, 6.07) is 4.26. The Hall–Kier alpha value is -2.77. The average molecular weight is 300 g/mol. The van der Waals surface area contributed by atoms with Crippen molar-refractivity contribution in [2.24, 2.45) is 0 Å². The van der Waals surface area contributed by atoms with Crippen LogP contribution in [0.5, 0.6) is 0 Å². The second-order valence-electron chi connectivity index (χ2n) is 5.30. The smallest absolute Gasteiger partial charge is 0.276 e. The Bertz CT molecular complexity index is 827. The van der Waals surface area contributed by atoms with E-state index in [0.717, 1.165) is 12.8 Å². The van der Waals surface area contributed by atoms with Crippen molar-refractivity contribution in [3.05, 3.63) is 41.7 Å². The molecule has 2 aromatic heterocycles. The van der Waals surface area contributed by atoms with Gasteiger partial charge in [-0.2, -0.15) is 15.4 Å². The molecule has 0 aliphatic carbocycles. The van der Waals surface area contributed by atoms with Gasteiger partial charge in [0.1, 0.15) is 11.6 Å². The normalized spacial score (nSPS) is 18.2. The van der Waals surface area contributed by atoms with Crippen molar-refractivity contribution in [3.8, 4) is 0 Å². The van der Waals surface area contributed by atoms with E-state index in [1.165, 1.54) is 18.3 Å². The molecule has 0 radical (unpaired) electrons. The summed E-state index contributed by atoms with van der Waals surface area (Å²) >= 11 is 0. The number of halogens is 1. The Morgan fingerprint density at radius 1 is 1.41 bits per heavy atom. The maximum Gasteiger partial charge on any atom is 0.276 e. The van der Waals surface area contributed by atoms with E-state index in [4.69, 9.17) is 0 Å². The lowest BCUT2D eigenvalue weighted by molar-refractivity contribution is 0.0724. The van der Waals surface area contributed by atoms with Crippen LogP contribution in [0.4, 0.5) is 4.39 Å². The molecule has 0 unspecified atom stereocenters. The van der Waals surface area contributed by atoms with Crippen molar-refractivity contribution >= 4 is 16.9 Å². The highest BCUT2D eigenvalue weighted by Gasteiger charge is 2.33. The van der Waals surface area contributed by atoms with Crippen molar-refractivity contribution in [1.82, 2.24) is 30.3 Å². The fourth-order valence-corrected chi connectivity index (χ4v) is 2.91. The van der Waals surface area contributed by atoms with Gasteiger partial charge >= 0.3 is 0 Å². The van der Waals surface area contributed by atoms with Gasteiger partial charge in [-0.25, -0.2) is 9.37 Å². The van der Waals surface area contributed by atoms with Gasteiger partial charge in [-0.1, -0.05) is 0 Å². The summed E-state index contributed by atoms with van der Waals surface area (Å²) in [7, 11) is 0. The highest BCUT2D eigenvalue weighted by atomic mass is 19.1. The Balaban J connectivity index is 1.68. The summed E-state index contributed by atoms with van der Waals surface area (Å²) in [4.78, 5) is 21.8. The molecule has 0 spiro atoms. The molecule has 3 aromatic rings. The maximum absolute atomic E-state index is 13.3. The number of fused-ring (bicyclic) bond motifs is 1. The summed E-state index contributed by atoms with van der Waals surface area (Å²) in [5.41, 5.74) is 1.61. The summed E-state index contributed by atoms with van der Waals surface area (Å²) < 4.78 is 13.3. The van der Waals surface area contributed by atoms with E-state index in [9.17, 15) is 9.18 Å². The highest BCUT2D eigenvalue weighted by Crippen LogP contribution is 2.32. The van der Waals surface area contributed by atoms with E-state index in [1.807, 2.05) is 0 Å². The first-order valence-electron chi connectivity index (χ1n) is 7.04. The molecular weight excluding hydrogens is 287 g/mol. The molecule has 112 valence electrons. The van der Waals surface area contributed by atoms with E-state index < -0.39 is 0 Å². The van der Waals surface area contributed by atoms with E-state index in [0.29, 0.717) is 23.4 Å². The molecule has 7 nitrogen and oxygen atoms in total. The van der Waals surface area contributed by atoms with Crippen LogP contribution in [0, 0.1) is 5.82 Å². The average Bonchev–Trinajstić information content (AvgIpc) is 3.24. The zero-order chi connectivity index (χ0) is 15.1. The zero-order valence-electron chi connectivity index (χ0n) is 11.6. The third-order valence-electron chi connectivity index (χ3n) is 3.93. The van der Waals surface area contributed by atoms with Crippen LogP contribution in [-0.2, 0) is 0 Å². The number of hydrogen-bond acceptors (Lipinski definition) is 4. The van der Waals surface area contributed by atoms with Crippen LogP contribution in [0.25, 0.3) is 11.0 Å². The number of H-pyrrole nitrogens is 2. The minimum atomic E-state index is -0.315. The third-order valence-corrected chi connectivity index (χ3v) is 3.93. The zero-order valence-corrected chi connectivity index (χ0v) is 11.6. The fourth-order valence-electron chi connectivity index (χ4n) is 2.91. The molecule has 0 saturated carbocycles. The summed E-state index contributed by atoms with van der Waals surface area (Å²) in [5, 5.41) is 9.95. The van der Waals surface area contributed by atoms with E-state index in [2.05, 4.69) is 25.4 Å². The topological polar surface area (TPSA) is 90.6 Å². The lowest BCUT2D eigenvalue weighted by Crippen LogP contribution is -2.31. The van der Waals surface area contributed by atoms with Crippen LogP contribution in [0.15, 0.2) is 24.4 Å². The van der Waals surface area contributed by atoms with Gasteiger partial charge in [0.25, 0.3) is 5.91 Å². The lowest BCUT2D eigenvalue weighted by Gasteiger charge is -2.21. The molecule has 22 heavy (non-hydrogen) atoms. The monoisotopic (exact) mass is 300 g/mol. The Kier molecular flexibility index (Phi) is 2.88. The molecule has 3 heterocycles. The van der Waals surface area contributed by atoms with Crippen molar-refractivity contribution in [2.75, 3.05) is 6.54 Å². The molecule has 1 saturated heterocycles. The molecular formula is C14H13FN6O. The number of amides is 1. The molecule has 1 fully saturated rings. The fraction of sp³-hybridized carbons (Fsp3) is 0.286. The first kappa shape index (κ1) is 12.9. The first-order chi connectivity index (χ1) is 10.7. The van der Waals surface area contributed by atoms with E-state index in [-0.39, 0.29) is 23.5 Å². The number of likely N-dealkylation sites (tertiary alicyclic amines) is 1. The van der Waals surface area contributed by atoms with Crippen LogP contribution in [-0.4, -0.2) is 42.7 Å². The van der Waals surface area contributed by atoms with Crippen LogP contribution < -0.4 is 0 Å². The molecule has 1 aliphatic rings.